The zero-order valence-corrected chi connectivity index (χ0v) is 17.8. The van der Waals surface area contributed by atoms with Gasteiger partial charge in [0.2, 0.25) is 0 Å². The van der Waals surface area contributed by atoms with Crippen molar-refractivity contribution in [2.45, 2.75) is 12.1 Å². The lowest BCUT2D eigenvalue weighted by Crippen LogP contribution is -2.30. The largest absolute Gasteiger partial charge is 0.508 e. The summed E-state index contributed by atoms with van der Waals surface area (Å²) in [5.41, 5.74) is 2.74. The third-order valence-corrected chi connectivity index (χ3v) is 5.81. The maximum Gasteiger partial charge on any atom is 0.174 e. The van der Waals surface area contributed by atoms with Crippen LogP contribution in [0.1, 0.15) is 23.5 Å². The van der Waals surface area contributed by atoms with Gasteiger partial charge in [-0.2, -0.15) is 0 Å². The molecule has 0 bridgehead atoms. The van der Waals surface area contributed by atoms with Gasteiger partial charge in [0.05, 0.1) is 16.8 Å². The standard InChI is InChI=1S/C23H18ClN5OS/c24-15-6-11-20(26-14-15)28-13-3-5-19(28)22-21(18-4-1-2-12-25-18)27-23(31)29(22)16-7-9-17(30)10-8-16/h1-14,21-22,30H,(H,27,31)/t21-,22+/m1/s1. The van der Waals surface area contributed by atoms with E-state index in [1.807, 2.05) is 59.3 Å². The van der Waals surface area contributed by atoms with E-state index >= 15 is 0 Å². The van der Waals surface area contributed by atoms with Gasteiger partial charge in [-0.25, -0.2) is 4.98 Å². The minimum absolute atomic E-state index is 0.177. The van der Waals surface area contributed by atoms with E-state index in [4.69, 9.17) is 23.8 Å². The summed E-state index contributed by atoms with van der Waals surface area (Å²) >= 11 is 11.8. The van der Waals surface area contributed by atoms with Crippen LogP contribution in [0.3, 0.4) is 0 Å². The summed E-state index contributed by atoms with van der Waals surface area (Å²) in [5, 5.41) is 14.4. The molecule has 31 heavy (non-hydrogen) atoms. The van der Waals surface area contributed by atoms with Gasteiger partial charge < -0.3 is 19.9 Å². The molecule has 0 saturated carbocycles. The summed E-state index contributed by atoms with van der Waals surface area (Å²) in [7, 11) is 0. The van der Waals surface area contributed by atoms with Crippen LogP contribution in [-0.2, 0) is 0 Å². The summed E-state index contributed by atoms with van der Waals surface area (Å²) in [6.07, 6.45) is 5.38. The number of phenols is 1. The molecule has 1 saturated heterocycles. The number of aromatic nitrogens is 3. The molecule has 0 aliphatic carbocycles. The third-order valence-electron chi connectivity index (χ3n) is 5.27. The van der Waals surface area contributed by atoms with E-state index in [0.717, 1.165) is 22.9 Å². The van der Waals surface area contributed by atoms with Gasteiger partial charge in [-0.3, -0.25) is 4.98 Å². The second-order valence-electron chi connectivity index (χ2n) is 7.15. The molecule has 4 aromatic rings. The molecule has 0 radical (unpaired) electrons. The Labute approximate surface area is 189 Å². The summed E-state index contributed by atoms with van der Waals surface area (Å²) in [4.78, 5) is 11.1. The predicted octanol–water partition coefficient (Wildman–Crippen LogP) is 4.80. The Hall–Kier alpha value is -3.42. The quantitative estimate of drug-likeness (QED) is 0.438. The first-order valence-electron chi connectivity index (χ1n) is 9.71. The number of hydrogen-bond acceptors (Lipinski definition) is 4. The Morgan fingerprint density at radius 1 is 0.968 bits per heavy atom. The number of phenolic OH excluding ortho intramolecular Hbond substituents is 1. The lowest BCUT2D eigenvalue weighted by molar-refractivity contribution is 0.475. The topological polar surface area (TPSA) is 66.2 Å². The van der Waals surface area contributed by atoms with Crippen molar-refractivity contribution in [2.24, 2.45) is 0 Å². The van der Waals surface area contributed by atoms with Crippen molar-refractivity contribution in [3.63, 3.8) is 0 Å². The molecule has 2 atom stereocenters. The average molecular weight is 448 g/mol. The number of benzene rings is 1. The first kappa shape index (κ1) is 19.5. The van der Waals surface area contributed by atoms with Crippen molar-refractivity contribution >= 4 is 34.6 Å². The first-order chi connectivity index (χ1) is 15.1. The average Bonchev–Trinajstić information content (AvgIpc) is 3.40. The number of aromatic hydroxyl groups is 1. The van der Waals surface area contributed by atoms with Crippen LogP contribution >= 0.6 is 23.8 Å². The number of thiocarbonyl (C=S) groups is 1. The van der Waals surface area contributed by atoms with Crippen molar-refractivity contribution in [1.82, 2.24) is 19.9 Å². The van der Waals surface area contributed by atoms with Crippen molar-refractivity contribution < 1.29 is 5.11 Å². The molecule has 8 heteroatoms. The molecule has 0 amide bonds. The van der Waals surface area contributed by atoms with Gasteiger partial charge in [0.1, 0.15) is 17.6 Å². The molecule has 1 aliphatic heterocycles. The zero-order valence-electron chi connectivity index (χ0n) is 16.3. The van der Waals surface area contributed by atoms with Gasteiger partial charge in [0.25, 0.3) is 0 Å². The molecule has 1 aromatic carbocycles. The minimum Gasteiger partial charge on any atom is -0.508 e. The fourth-order valence-corrected chi connectivity index (χ4v) is 4.36. The normalized spacial score (nSPS) is 18.2. The number of nitrogens with one attached hydrogen (secondary N) is 1. The SMILES string of the molecule is Oc1ccc(N2C(=S)N[C@H](c3ccccn3)[C@@H]2c2cccn2-c2ccc(Cl)cn2)cc1. The molecule has 154 valence electrons. The fourth-order valence-electron chi connectivity index (χ4n) is 3.90. The Balaban J connectivity index is 1.66. The van der Waals surface area contributed by atoms with Crippen molar-refractivity contribution in [3.8, 4) is 11.6 Å². The zero-order chi connectivity index (χ0) is 21.4. The predicted molar refractivity (Wildman–Crippen MR) is 125 cm³/mol. The van der Waals surface area contributed by atoms with Crippen LogP contribution in [0, 0.1) is 0 Å². The van der Waals surface area contributed by atoms with E-state index in [2.05, 4.69) is 26.3 Å². The highest BCUT2D eigenvalue weighted by Crippen LogP contribution is 2.42. The molecule has 2 N–H and O–H groups in total. The van der Waals surface area contributed by atoms with E-state index in [9.17, 15) is 5.11 Å². The van der Waals surface area contributed by atoms with Crippen LogP contribution in [0.15, 0.2) is 85.3 Å². The lowest BCUT2D eigenvalue weighted by atomic mass is 10.0. The van der Waals surface area contributed by atoms with Gasteiger partial charge in [0.15, 0.2) is 5.11 Å². The molecular formula is C23H18ClN5OS. The second kappa shape index (κ2) is 8.02. The molecule has 1 aliphatic rings. The van der Waals surface area contributed by atoms with Crippen LogP contribution in [0.25, 0.3) is 5.82 Å². The summed E-state index contributed by atoms with van der Waals surface area (Å²) < 4.78 is 2.03. The van der Waals surface area contributed by atoms with Gasteiger partial charge in [0, 0.05) is 30.0 Å². The van der Waals surface area contributed by atoms with Crippen LogP contribution in [0.2, 0.25) is 5.02 Å². The van der Waals surface area contributed by atoms with Crippen LogP contribution in [0.5, 0.6) is 5.75 Å². The Kier molecular flexibility index (Phi) is 5.05. The number of halogens is 1. The summed E-state index contributed by atoms with van der Waals surface area (Å²) in [6.45, 7) is 0. The second-order valence-corrected chi connectivity index (χ2v) is 7.97. The van der Waals surface area contributed by atoms with Crippen molar-refractivity contribution in [2.75, 3.05) is 4.90 Å². The maximum atomic E-state index is 9.76. The van der Waals surface area contributed by atoms with E-state index in [1.54, 1.807) is 24.5 Å². The van der Waals surface area contributed by atoms with Gasteiger partial charge >= 0.3 is 0 Å². The Morgan fingerprint density at radius 2 is 1.81 bits per heavy atom. The Bertz CT molecular complexity index is 1210. The fraction of sp³-hybridized carbons (Fsp3) is 0.0870. The van der Waals surface area contributed by atoms with E-state index in [1.165, 1.54) is 0 Å². The summed E-state index contributed by atoms with van der Waals surface area (Å²) in [6, 6.07) is 20.2. The van der Waals surface area contributed by atoms with E-state index in [-0.39, 0.29) is 17.8 Å². The van der Waals surface area contributed by atoms with E-state index < -0.39 is 0 Å². The number of rotatable bonds is 4. The molecule has 0 unspecified atom stereocenters. The van der Waals surface area contributed by atoms with Gasteiger partial charge in [-0.05, 0) is 72.9 Å². The number of nitrogens with zero attached hydrogens (tertiary/aromatic N) is 4. The van der Waals surface area contributed by atoms with Gasteiger partial charge in [-0.15, -0.1) is 0 Å². The Morgan fingerprint density at radius 3 is 2.52 bits per heavy atom. The number of anilines is 1. The highest BCUT2D eigenvalue weighted by Gasteiger charge is 2.42. The molecule has 6 nitrogen and oxygen atoms in total. The van der Waals surface area contributed by atoms with Crippen molar-refractivity contribution in [1.29, 1.82) is 0 Å². The lowest BCUT2D eigenvalue weighted by Gasteiger charge is -2.28. The molecular weight excluding hydrogens is 430 g/mol. The van der Waals surface area contributed by atoms with E-state index in [0.29, 0.717) is 10.1 Å². The molecule has 0 spiro atoms. The highest BCUT2D eigenvalue weighted by molar-refractivity contribution is 7.80. The first-order valence-corrected chi connectivity index (χ1v) is 10.5. The van der Waals surface area contributed by atoms with Gasteiger partial charge in [-0.1, -0.05) is 17.7 Å². The molecule has 3 aromatic heterocycles. The molecule has 1 fully saturated rings. The maximum absolute atomic E-state index is 9.76. The smallest absolute Gasteiger partial charge is 0.174 e. The van der Waals surface area contributed by atoms with Crippen LogP contribution in [0.4, 0.5) is 5.69 Å². The summed E-state index contributed by atoms with van der Waals surface area (Å²) in [5.74, 6) is 0.959. The van der Waals surface area contributed by atoms with Crippen LogP contribution < -0.4 is 10.2 Å². The number of pyridine rings is 2. The molecule has 5 rings (SSSR count). The third kappa shape index (κ3) is 3.62. The molecule has 4 heterocycles. The highest BCUT2D eigenvalue weighted by atomic mass is 35.5. The minimum atomic E-state index is -0.195. The monoisotopic (exact) mass is 447 g/mol. The van der Waals surface area contributed by atoms with Crippen LogP contribution in [-0.4, -0.2) is 24.8 Å². The number of hydrogen-bond donors (Lipinski definition) is 2. The van der Waals surface area contributed by atoms with Crippen molar-refractivity contribution in [3.05, 3.63) is 102 Å².